The number of anilines is 2. The largest absolute Gasteiger partial charge is 0.444 e. The Morgan fingerprint density at radius 2 is 1.76 bits per heavy atom. The molecule has 9 nitrogen and oxygen atoms in total. The summed E-state index contributed by atoms with van der Waals surface area (Å²) in [6, 6.07) is 4.48. The highest BCUT2D eigenvalue weighted by Gasteiger charge is 2.33. The summed E-state index contributed by atoms with van der Waals surface area (Å²) in [6.07, 6.45) is -0.332. The molecule has 0 aromatic heterocycles. The zero-order valence-electron chi connectivity index (χ0n) is 20.9. The molecule has 1 fully saturated rings. The molecule has 1 aliphatic heterocycles. The Labute approximate surface area is 196 Å². The fourth-order valence-electron chi connectivity index (χ4n) is 3.91. The topological polar surface area (TPSA) is 131 Å². The van der Waals surface area contributed by atoms with Crippen molar-refractivity contribution in [1.82, 2.24) is 10.2 Å². The Kier molecular flexibility index (Phi) is 7.87. The second kappa shape index (κ2) is 9.89. The van der Waals surface area contributed by atoms with Crippen molar-refractivity contribution in [3.05, 3.63) is 23.8 Å². The number of benzene rings is 1. The lowest BCUT2D eigenvalue weighted by molar-refractivity contribution is -0.120. The molecule has 1 saturated heterocycles. The third-order valence-corrected chi connectivity index (χ3v) is 5.44. The number of nitrogens with one attached hydrogen (secondary N) is 1. The third-order valence-electron chi connectivity index (χ3n) is 5.44. The van der Waals surface area contributed by atoms with Crippen LogP contribution in [0.25, 0.3) is 0 Å². The van der Waals surface area contributed by atoms with Crippen LogP contribution in [-0.4, -0.2) is 60.6 Å². The first kappa shape index (κ1) is 26.3. The van der Waals surface area contributed by atoms with Gasteiger partial charge in [0, 0.05) is 37.6 Å². The van der Waals surface area contributed by atoms with Crippen LogP contribution in [0.4, 0.5) is 16.2 Å². The van der Waals surface area contributed by atoms with Crippen LogP contribution in [0.1, 0.15) is 58.8 Å². The van der Waals surface area contributed by atoms with Crippen molar-refractivity contribution in [2.75, 3.05) is 36.8 Å². The lowest BCUT2D eigenvalue weighted by Gasteiger charge is -2.32. The number of carbonyl (C=O) groups is 3. The minimum absolute atomic E-state index is 0.152. The van der Waals surface area contributed by atoms with Gasteiger partial charge in [0.25, 0.3) is 5.91 Å². The molecule has 1 aromatic rings. The van der Waals surface area contributed by atoms with Crippen molar-refractivity contribution in [2.24, 2.45) is 17.1 Å². The first-order valence-electron chi connectivity index (χ1n) is 11.3. The van der Waals surface area contributed by atoms with E-state index in [1.165, 1.54) is 0 Å². The van der Waals surface area contributed by atoms with Gasteiger partial charge in [-0.25, -0.2) is 4.79 Å². The Balaban J connectivity index is 2.26. The third kappa shape index (κ3) is 7.27. The molecule has 1 atom stereocenters. The molecule has 184 valence electrons. The predicted molar refractivity (Wildman–Crippen MR) is 130 cm³/mol. The molecule has 0 bridgehead atoms. The van der Waals surface area contributed by atoms with E-state index in [1.807, 2.05) is 40.7 Å². The first-order chi connectivity index (χ1) is 15.1. The highest BCUT2D eigenvalue weighted by atomic mass is 16.6. The second-order valence-corrected chi connectivity index (χ2v) is 10.9. The van der Waals surface area contributed by atoms with E-state index in [4.69, 9.17) is 16.2 Å². The number of primary amides is 1. The van der Waals surface area contributed by atoms with E-state index in [1.54, 1.807) is 17.0 Å². The van der Waals surface area contributed by atoms with Gasteiger partial charge in [-0.05, 0) is 50.3 Å². The molecule has 33 heavy (non-hydrogen) atoms. The van der Waals surface area contributed by atoms with Gasteiger partial charge in [0.2, 0.25) is 5.91 Å². The SMILES string of the molecule is CC(C)C(NC(=O)c1cc(N2CCN(C(=O)OC(C)(C)C)CC(C)(C)C2)ccc1N)C(N)=O. The van der Waals surface area contributed by atoms with Gasteiger partial charge in [-0.3, -0.25) is 9.59 Å². The summed E-state index contributed by atoms with van der Waals surface area (Å²) in [5, 5.41) is 2.69. The molecule has 5 N–H and O–H groups in total. The number of nitrogen functional groups attached to an aromatic ring is 1. The van der Waals surface area contributed by atoms with Crippen molar-refractivity contribution < 1.29 is 19.1 Å². The van der Waals surface area contributed by atoms with Crippen LogP contribution in [0.2, 0.25) is 0 Å². The highest BCUT2D eigenvalue weighted by molar-refractivity contribution is 6.02. The molecular weight excluding hydrogens is 422 g/mol. The van der Waals surface area contributed by atoms with Crippen molar-refractivity contribution in [2.45, 2.75) is 60.1 Å². The summed E-state index contributed by atoms with van der Waals surface area (Å²) in [7, 11) is 0. The van der Waals surface area contributed by atoms with E-state index in [0.29, 0.717) is 31.9 Å². The van der Waals surface area contributed by atoms with Crippen molar-refractivity contribution >= 4 is 29.3 Å². The number of amides is 3. The smallest absolute Gasteiger partial charge is 0.410 e. The zero-order valence-corrected chi connectivity index (χ0v) is 20.9. The van der Waals surface area contributed by atoms with Crippen LogP contribution in [0.15, 0.2) is 18.2 Å². The highest BCUT2D eigenvalue weighted by Crippen LogP contribution is 2.29. The van der Waals surface area contributed by atoms with Crippen LogP contribution in [0, 0.1) is 11.3 Å². The Morgan fingerprint density at radius 1 is 1.12 bits per heavy atom. The number of rotatable bonds is 5. The zero-order chi connectivity index (χ0) is 25.1. The fraction of sp³-hybridized carbons (Fsp3) is 0.625. The van der Waals surface area contributed by atoms with Gasteiger partial charge < -0.3 is 31.3 Å². The van der Waals surface area contributed by atoms with E-state index in [9.17, 15) is 14.4 Å². The number of carbonyl (C=O) groups excluding carboxylic acids is 3. The normalized spacial score (nSPS) is 17.3. The van der Waals surface area contributed by atoms with Crippen LogP contribution >= 0.6 is 0 Å². The van der Waals surface area contributed by atoms with Gasteiger partial charge >= 0.3 is 6.09 Å². The number of nitrogens with two attached hydrogens (primary N) is 2. The van der Waals surface area contributed by atoms with Gasteiger partial charge in [0.15, 0.2) is 0 Å². The van der Waals surface area contributed by atoms with E-state index in [0.717, 1.165) is 5.69 Å². The molecule has 3 amide bonds. The summed E-state index contributed by atoms with van der Waals surface area (Å²) in [5.74, 6) is -1.19. The van der Waals surface area contributed by atoms with Crippen LogP contribution in [-0.2, 0) is 9.53 Å². The number of nitrogens with zero attached hydrogens (tertiary/aromatic N) is 2. The first-order valence-corrected chi connectivity index (χ1v) is 11.3. The van der Waals surface area contributed by atoms with Gasteiger partial charge in [0.05, 0.1) is 5.56 Å². The average molecular weight is 462 g/mol. The Morgan fingerprint density at radius 3 is 2.30 bits per heavy atom. The van der Waals surface area contributed by atoms with Crippen molar-refractivity contribution in [3.63, 3.8) is 0 Å². The summed E-state index contributed by atoms with van der Waals surface area (Å²) in [5.41, 5.74) is 12.2. The molecule has 2 rings (SSSR count). The molecule has 1 aliphatic rings. The lowest BCUT2D eigenvalue weighted by Crippen LogP contribution is -2.47. The molecule has 0 radical (unpaired) electrons. The van der Waals surface area contributed by atoms with Gasteiger partial charge in [-0.2, -0.15) is 0 Å². The Bertz CT molecular complexity index is 891. The number of hydrogen-bond acceptors (Lipinski definition) is 6. The van der Waals surface area contributed by atoms with E-state index < -0.39 is 23.5 Å². The molecule has 0 saturated carbocycles. The monoisotopic (exact) mass is 461 g/mol. The van der Waals surface area contributed by atoms with Crippen molar-refractivity contribution in [3.8, 4) is 0 Å². The summed E-state index contributed by atoms with van der Waals surface area (Å²) in [6.45, 7) is 15.6. The van der Waals surface area contributed by atoms with Crippen LogP contribution in [0.3, 0.4) is 0 Å². The minimum Gasteiger partial charge on any atom is -0.444 e. The molecular formula is C24H39N5O4. The molecule has 0 spiro atoms. The lowest BCUT2D eigenvalue weighted by atomic mass is 9.92. The average Bonchev–Trinajstić information content (AvgIpc) is 2.82. The van der Waals surface area contributed by atoms with Crippen LogP contribution < -0.4 is 21.7 Å². The second-order valence-electron chi connectivity index (χ2n) is 10.9. The van der Waals surface area contributed by atoms with E-state index in [-0.39, 0.29) is 23.0 Å². The van der Waals surface area contributed by atoms with Gasteiger partial charge in [-0.1, -0.05) is 27.7 Å². The standard InChI is InChI=1S/C24H39N5O4/c1-15(2)19(20(26)30)27-21(31)17-12-16(8-9-18(17)25)28-10-11-29(14-24(6,7)13-28)22(32)33-23(3,4)5/h8-9,12,15,19H,10-11,13-14,25H2,1-7H3,(H2,26,30)(H,27,31). The maximum Gasteiger partial charge on any atom is 0.410 e. The van der Waals surface area contributed by atoms with E-state index >= 15 is 0 Å². The molecule has 1 heterocycles. The molecule has 1 unspecified atom stereocenters. The number of ether oxygens (including phenoxy) is 1. The van der Waals surface area contributed by atoms with Crippen molar-refractivity contribution in [1.29, 1.82) is 0 Å². The predicted octanol–water partition coefficient (Wildman–Crippen LogP) is 2.59. The molecule has 0 aliphatic carbocycles. The minimum atomic E-state index is -0.792. The molecule has 9 heteroatoms. The van der Waals surface area contributed by atoms with Gasteiger partial charge in [0.1, 0.15) is 11.6 Å². The summed E-state index contributed by atoms with van der Waals surface area (Å²) >= 11 is 0. The van der Waals surface area contributed by atoms with E-state index in [2.05, 4.69) is 24.1 Å². The quantitative estimate of drug-likeness (QED) is 0.578. The molecule has 1 aromatic carbocycles. The maximum absolute atomic E-state index is 12.9. The Hall–Kier alpha value is -2.97. The fourth-order valence-corrected chi connectivity index (χ4v) is 3.91. The van der Waals surface area contributed by atoms with Gasteiger partial charge in [-0.15, -0.1) is 0 Å². The maximum atomic E-state index is 12.9. The summed E-state index contributed by atoms with van der Waals surface area (Å²) < 4.78 is 5.57. The summed E-state index contributed by atoms with van der Waals surface area (Å²) in [4.78, 5) is 41.2. The number of hydrogen-bond donors (Lipinski definition) is 3. The van der Waals surface area contributed by atoms with Crippen LogP contribution in [0.5, 0.6) is 0 Å².